The van der Waals surface area contributed by atoms with Crippen molar-refractivity contribution in [2.24, 2.45) is 0 Å². The Labute approximate surface area is 194 Å². The lowest BCUT2D eigenvalue weighted by molar-refractivity contribution is -0.384. The highest BCUT2D eigenvalue weighted by Gasteiger charge is 2.18. The Morgan fingerprint density at radius 3 is 2.45 bits per heavy atom. The molecule has 0 radical (unpaired) electrons. The average Bonchev–Trinajstić information content (AvgIpc) is 2.83. The summed E-state index contributed by atoms with van der Waals surface area (Å²) in [6.07, 6.45) is 1.62. The van der Waals surface area contributed by atoms with Crippen molar-refractivity contribution in [3.8, 4) is 5.75 Å². The summed E-state index contributed by atoms with van der Waals surface area (Å²) in [6, 6.07) is 19.6. The van der Waals surface area contributed by atoms with Crippen molar-refractivity contribution in [1.29, 1.82) is 0 Å². The van der Waals surface area contributed by atoms with Gasteiger partial charge in [0.15, 0.2) is 6.61 Å². The predicted octanol–water partition coefficient (Wildman–Crippen LogP) is 4.98. The summed E-state index contributed by atoms with van der Waals surface area (Å²) in [4.78, 5) is 35.5. The van der Waals surface area contributed by atoms with E-state index in [1.165, 1.54) is 19.2 Å². The number of methoxy groups -OCH3 is 1. The molecule has 1 N–H and O–H groups in total. The number of anilines is 1. The maximum atomic E-state index is 12.9. The molecule has 9 heteroatoms. The molecule has 0 aliphatic carbocycles. The van der Waals surface area contributed by atoms with Crippen LogP contribution in [0.25, 0.3) is 11.6 Å². The molecule has 0 saturated carbocycles. The zero-order chi connectivity index (χ0) is 23.8. The number of hydrogen-bond acceptors (Lipinski definition) is 6. The van der Waals surface area contributed by atoms with Gasteiger partial charge in [-0.25, -0.2) is 4.79 Å². The summed E-state index contributed by atoms with van der Waals surface area (Å²) in [6.45, 7) is -0.617. The fraction of sp³-hybridized carbons (Fsp3) is 0.0833. The molecule has 0 unspecified atom stereocenters. The number of rotatable bonds is 8. The molecule has 0 spiro atoms. The van der Waals surface area contributed by atoms with E-state index >= 15 is 0 Å². The number of nitro benzene ring substituents is 1. The number of nitrogens with one attached hydrogen (secondary N) is 1. The maximum Gasteiger partial charge on any atom is 0.339 e. The van der Waals surface area contributed by atoms with Crippen LogP contribution in [0.1, 0.15) is 11.1 Å². The van der Waals surface area contributed by atoms with Crippen molar-refractivity contribution >= 4 is 46.5 Å². The molecule has 3 rings (SSSR count). The van der Waals surface area contributed by atoms with Crippen molar-refractivity contribution in [2.45, 2.75) is 0 Å². The number of nitro groups is 1. The third kappa shape index (κ3) is 6.18. The Morgan fingerprint density at radius 1 is 1.06 bits per heavy atom. The lowest BCUT2D eigenvalue weighted by Gasteiger charge is -2.11. The smallest absolute Gasteiger partial charge is 0.339 e. The van der Waals surface area contributed by atoms with Gasteiger partial charge in [0, 0.05) is 17.7 Å². The Hall–Kier alpha value is -4.17. The minimum atomic E-state index is -0.729. The van der Waals surface area contributed by atoms with Gasteiger partial charge in [-0.05, 0) is 23.8 Å². The maximum absolute atomic E-state index is 12.9. The first-order valence-electron chi connectivity index (χ1n) is 9.70. The molecular formula is C24H19ClN2O6. The fourth-order valence-electron chi connectivity index (χ4n) is 2.94. The third-order valence-electron chi connectivity index (χ3n) is 4.51. The third-order valence-corrected chi connectivity index (χ3v) is 4.84. The first-order chi connectivity index (χ1) is 15.9. The summed E-state index contributed by atoms with van der Waals surface area (Å²) in [5, 5.41) is 13.5. The molecule has 168 valence electrons. The van der Waals surface area contributed by atoms with E-state index in [1.807, 2.05) is 6.07 Å². The predicted molar refractivity (Wildman–Crippen MR) is 125 cm³/mol. The second kappa shape index (κ2) is 10.9. The van der Waals surface area contributed by atoms with Crippen LogP contribution in [0.5, 0.6) is 5.75 Å². The number of amides is 1. The summed E-state index contributed by atoms with van der Waals surface area (Å²) < 4.78 is 10.6. The summed E-state index contributed by atoms with van der Waals surface area (Å²) >= 11 is 5.99. The molecule has 0 bridgehead atoms. The van der Waals surface area contributed by atoms with E-state index in [0.717, 1.165) is 6.07 Å². The number of carbonyl (C=O) groups excluding carboxylic acids is 2. The summed E-state index contributed by atoms with van der Waals surface area (Å²) in [7, 11) is 1.52. The van der Waals surface area contributed by atoms with Crippen molar-refractivity contribution < 1.29 is 24.0 Å². The van der Waals surface area contributed by atoms with Gasteiger partial charge in [-0.2, -0.15) is 0 Å². The highest BCUT2D eigenvalue weighted by molar-refractivity contribution is 6.33. The minimum Gasteiger partial charge on any atom is -0.496 e. The van der Waals surface area contributed by atoms with Crippen LogP contribution in [0.2, 0.25) is 5.02 Å². The Balaban J connectivity index is 1.78. The number of esters is 1. The zero-order valence-corrected chi connectivity index (χ0v) is 18.2. The van der Waals surface area contributed by atoms with Crippen LogP contribution >= 0.6 is 11.6 Å². The Morgan fingerprint density at radius 2 is 1.76 bits per heavy atom. The molecule has 0 aliphatic heterocycles. The summed E-state index contributed by atoms with van der Waals surface area (Å²) in [5.41, 5.74) is 1.28. The van der Waals surface area contributed by atoms with Crippen molar-refractivity contribution in [3.63, 3.8) is 0 Å². The molecule has 1 amide bonds. The van der Waals surface area contributed by atoms with Gasteiger partial charge in [0.05, 0.1) is 28.3 Å². The Kier molecular flexibility index (Phi) is 7.77. The van der Waals surface area contributed by atoms with Gasteiger partial charge in [0.25, 0.3) is 11.6 Å². The first-order valence-corrected chi connectivity index (χ1v) is 10.1. The zero-order valence-electron chi connectivity index (χ0n) is 17.5. The molecule has 33 heavy (non-hydrogen) atoms. The van der Waals surface area contributed by atoms with Crippen LogP contribution in [-0.4, -0.2) is 30.5 Å². The molecule has 0 saturated heterocycles. The van der Waals surface area contributed by atoms with Crippen molar-refractivity contribution in [2.75, 3.05) is 19.0 Å². The number of para-hydroxylation sites is 1. The molecule has 3 aromatic rings. The highest BCUT2D eigenvalue weighted by Crippen LogP contribution is 2.27. The van der Waals surface area contributed by atoms with Crippen molar-refractivity contribution in [3.05, 3.63) is 99.1 Å². The van der Waals surface area contributed by atoms with Gasteiger partial charge in [0.2, 0.25) is 0 Å². The SMILES string of the molecule is COc1ccccc1/C=C(/C(=O)OCC(=O)Nc1cc([N+](=O)[O-])ccc1Cl)c1ccccc1. The monoisotopic (exact) mass is 466 g/mol. The molecule has 0 aliphatic rings. The standard InChI is InChI=1S/C24H19ClN2O6/c1-32-22-10-6-5-9-17(22)13-19(16-7-3-2-4-8-16)24(29)33-15-23(28)26-21-14-18(27(30)31)11-12-20(21)25/h2-14H,15H2,1H3,(H,26,28)/b19-13+. The van der Waals surface area contributed by atoms with Gasteiger partial charge in [-0.3, -0.25) is 14.9 Å². The Bertz CT molecular complexity index is 1210. The number of non-ortho nitro benzene ring substituents is 1. The molecule has 8 nitrogen and oxygen atoms in total. The molecule has 0 atom stereocenters. The minimum absolute atomic E-state index is 0.0414. The van der Waals surface area contributed by atoms with Crippen LogP contribution in [0.15, 0.2) is 72.8 Å². The van der Waals surface area contributed by atoms with E-state index in [4.69, 9.17) is 21.1 Å². The number of ether oxygens (including phenoxy) is 2. The molecule has 3 aromatic carbocycles. The lowest BCUT2D eigenvalue weighted by Crippen LogP contribution is -2.21. The van der Waals surface area contributed by atoms with E-state index in [9.17, 15) is 19.7 Å². The van der Waals surface area contributed by atoms with Gasteiger partial charge >= 0.3 is 5.97 Å². The van der Waals surface area contributed by atoms with Gasteiger partial charge in [-0.1, -0.05) is 60.1 Å². The van der Waals surface area contributed by atoms with Crippen LogP contribution < -0.4 is 10.1 Å². The van der Waals surface area contributed by atoms with E-state index in [-0.39, 0.29) is 22.0 Å². The highest BCUT2D eigenvalue weighted by atomic mass is 35.5. The average molecular weight is 467 g/mol. The summed E-state index contributed by atoms with van der Waals surface area (Å²) in [5.74, 6) is -0.861. The second-order valence-electron chi connectivity index (χ2n) is 6.71. The van der Waals surface area contributed by atoms with Gasteiger partial charge < -0.3 is 14.8 Å². The second-order valence-corrected chi connectivity index (χ2v) is 7.12. The molecule has 0 aromatic heterocycles. The largest absolute Gasteiger partial charge is 0.496 e. The number of benzene rings is 3. The molecule has 0 fully saturated rings. The van der Waals surface area contributed by atoms with Crippen LogP contribution in [0.4, 0.5) is 11.4 Å². The normalized spacial score (nSPS) is 10.9. The van der Waals surface area contributed by atoms with Crippen LogP contribution in [0, 0.1) is 10.1 Å². The van der Waals surface area contributed by atoms with Crippen LogP contribution in [0.3, 0.4) is 0 Å². The lowest BCUT2D eigenvalue weighted by atomic mass is 10.0. The fourth-order valence-corrected chi connectivity index (χ4v) is 3.10. The van der Waals surface area contributed by atoms with E-state index in [2.05, 4.69) is 5.32 Å². The van der Waals surface area contributed by atoms with E-state index < -0.39 is 23.4 Å². The molecule has 0 heterocycles. The number of halogens is 1. The quantitative estimate of drug-likeness (QED) is 0.165. The van der Waals surface area contributed by atoms with Crippen LogP contribution in [-0.2, 0) is 14.3 Å². The van der Waals surface area contributed by atoms with Gasteiger partial charge in [0.1, 0.15) is 5.75 Å². The number of hydrogen-bond donors (Lipinski definition) is 1. The number of carbonyl (C=O) groups is 2. The first kappa shape index (κ1) is 23.5. The topological polar surface area (TPSA) is 108 Å². The molecular weight excluding hydrogens is 448 g/mol. The van der Waals surface area contributed by atoms with E-state index in [0.29, 0.717) is 16.9 Å². The van der Waals surface area contributed by atoms with E-state index in [1.54, 1.807) is 54.6 Å². The van der Waals surface area contributed by atoms with Gasteiger partial charge in [-0.15, -0.1) is 0 Å². The number of nitrogens with zero attached hydrogens (tertiary/aromatic N) is 1. The van der Waals surface area contributed by atoms with Crippen molar-refractivity contribution in [1.82, 2.24) is 0 Å².